The molecule has 0 spiro atoms. The largest absolute Gasteiger partial charge is 0.390 e. The van der Waals surface area contributed by atoms with Crippen LogP contribution in [0.4, 0.5) is 0 Å². The summed E-state index contributed by atoms with van der Waals surface area (Å²) in [7, 11) is 0. The van der Waals surface area contributed by atoms with Crippen molar-refractivity contribution in [3.8, 4) is 0 Å². The van der Waals surface area contributed by atoms with Gasteiger partial charge in [-0.3, -0.25) is 0 Å². The fourth-order valence-electron chi connectivity index (χ4n) is 2.63. The van der Waals surface area contributed by atoms with E-state index in [2.05, 4.69) is 24.1 Å². The summed E-state index contributed by atoms with van der Waals surface area (Å²) in [6.07, 6.45) is 7.84. The minimum atomic E-state index is -0.224. The molecule has 17 heavy (non-hydrogen) atoms. The van der Waals surface area contributed by atoms with Crippen molar-refractivity contribution in [1.82, 2.24) is 10.2 Å². The van der Waals surface area contributed by atoms with Gasteiger partial charge in [0.05, 0.1) is 6.10 Å². The van der Waals surface area contributed by atoms with Gasteiger partial charge in [0.2, 0.25) is 0 Å². The quantitative estimate of drug-likeness (QED) is 0.670. The Morgan fingerprint density at radius 1 is 1.12 bits per heavy atom. The van der Waals surface area contributed by atoms with Crippen molar-refractivity contribution in [2.75, 3.05) is 26.2 Å². The Kier molecular flexibility index (Phi) is 7.82. The fourth-order valence-corrected chi connectivity index (χ4v) is 2.63. The Balaban J connectivity index is 2.15. The number of hydrogen-bond donors (Lipinski definition) is 2. The highest BCUT2D eigenvalue weighted by atomic mass is 16.3. The zero-order valence-corrected chi connectivity index (χ0v) is 11.6. The van der Waals surface area contributed by atoms with Crippen LogP contribution in [0.15, 0.2) is 0 Å². The Morgan fingerprint density at radius 3 is 2.24 bits per heavy atom. The Morgan fingerprint density at radius 2 is 1.71 bits per heavy atom. The van der Waals surface area contributed by atoms with Crippen LogP contribution >= 0.6 is 0 Å². The third kappa shape index (κ3) is 6.39. The highest BCUT2D eigenvalue weighted by Crippen LogP contribution is 2.17. The molecule has 3 heteroatoms. The van der Waals surface area contributed by atoms with Crippen LogP contribution in [0.2, 0.25) is 0 Å². The number of nitrogens with zero attached hydrogens (tertiary/aromatic N) is 1. The monoisotopic (exact) mass is 242 g/mol. The van der Waals surface area contributed by atoms with Gasteiger partial charge >= 0.3 is 0 Å². The van der Waals surface area contributed by atoms with Crippen molar-refractivity contribution in [2.45, 2.75) is 64.5 Å². The van der Waals surface area contributed by atoms with Gasteiger partial charge in [-0.1, -0.05) is 39.5 Å². The van der Waals surface area contributed by atoms with Gasteiger partial charge in [-0.05, 0) is 25.9 Å². The van der Waals surface area contributed by atoms with Crippen molar-refractivity contribution in [2.24, 2.45) is 0 Å². The molecular weight excluding hydrogens is 212 g/mol. The van der Waals surface area contributed by atoms with Crippen molar-refractivity contribution < 1.29 is 5.11 Å². The molecule has 0 aliphatic heterocycles. The third-order valence-corrected chi connectivity index (χ3v) is 3.86. The van der Waals surface area contributed by atoms with Gasteiger partial charge in [0.1, 0.15) is 0 Å². The van der Waals surface area contributed by atoms with Crippen LogP contribution in [-0.2, 0) is 0 Å². The highest BCUT2D eigenvalue weighted by Gasteiger charge is 2.14. The number of nitrogens with one attached hydrogen (secondary N) is 1. The molecule has 3 nitrogen and oxygen atoms in total. The summed E-state index contributed by atoms with van der Waals surface area (Å²) in [6.45, 7) is 7.89. The minimum absolute atomic E-state index is 0.224. The Hall–Kier alpha value is -0.120. The predicted molar refractivity (Wildman–Crippen MR) is 73.3 cm³/mol. The summed E-state index contributed by atoms with van der Waals surface area (Å²) >= 11 is 0. The molecule has 0 saturated heterocycles. The number of hydrogen-bond acceptors (Lipinski definition) is 3. The standard InChI is InChI=1S/C14H30N2O/c1-3-16(4-2)12-14(17)11-15-13-9-7-5-6-8-10-13/h13-15,17H,3-12H2,1-2H3. The minimum Gasteiger partial charge on any atom is -0.390 e. The van der Waals surface area contributed by atoms with E-state index in [0.717, 1.165) is 26.2 Å². The first kappa shape index (κ1) is 14.9. The smallest absolute Gasteiger partial charge is 0.0791 e. The number of rotatable bonds is 7. The second-order valence-corrected chi connectivity index (χ2v) is 5.24. The van der Waals surface area contributed by atoms with Crippen LogP contribution in [0, 0.1) is 0 Å². The van der Waals surface area contributed by atoms with E-state index in [0.29, 0.717) is 6.04 Å². The first-order valence-electron chi connectivity index (χ1n) is 7.40. The van der Waals surface area contributed by atoms with Gasteiger partial charge in [-0.2, -0.15) is 0 Å². The molecule has 1 rings (SSSR count). The number of likely N-dealkylation sites (N-methyl/N-ethyl adjacent to an activating group) is 1. The van der Waals surface area contributed by atoms with Gasteiger partial charge in [0.25, 0.3) is 0 Å². The maximum atomic E-state index is 9.98. The Labute approximate surface area is 107 Å². The summed E-state index contributed by atoms with van der Waals surface area (Å²) in [5.41, 5.74) is 0. The lowest BCUT2D eigenvalue weighted by Crippen LogP contribution is -2.41. The molecular formula is C14H30N2O. The molecule has 0 amide bonds. The van der Waals surface area contributed by atoms with Gasteiger partial charge < -0.3 is 15.3 Å². The summed E-state index contributed by atoms with van der Waals surface area (Å²) in [6, 6.07) is 0.642. The molecule has 102 valence electrons. The van der Waals surface area contributed by atoms with E-state index < -0.39 is 0 Å². The summed E-state index contributed by atoms with van der Waals surface area (Å²) in [4.78, 5) is 2.28. The van der Waals surface area contributed by atoms with Gasteiger partial charge in [0, 0.05) is 19.1 Å². The van der Waals surface area contributed by atoms with E-state index in [1.165, 1.54) is 38.5 Å². The maximum Gasteiger partial charge on any atom is 0.0791 e. The zero-order chi connectivity index (χ0) is 12.5. The maximum absolute atomic E-state index is 9.98. The van der Waals surface area contributed by atoms with E-state index >= 15 is 0 Å². The van der Waals surface area contributed by atoms with Crippen LogP contribution < -0.4 is 5.32 Å². The first-order chi connectivity index (χ1) is 8.26. The predicted octanol–water partition coefficient (Wildman–Crippen LogP) is 2.00. The van der Waals surface area contributed by atoms with Crippen LogP contribution in [0.5, 0.6) is 0 Å². The molecule has 1 unspecified atom stereocenters. The average molecular weight is 242 g/mol. The molecule has 1 fully saturated rings. The SMILES string of the molecule is CCN(CC)CC(O)CNC1CCCCCC1. The topological polar surface area (TPSA) is 35.5 Å². The summed E-state index contributed by atoms with van der Waals surface area (Å²) in [5.74, 6) is 0. The lowest BCUT2D eigenvalue weighted by atomic mass is 10.1. The summed E-state index contributed by atoms with van der Waals surface area (Å²) in [5, 5.41) is 13.5. The first-order valence-corrected chi connectivity index (χ1v) is 7.40. The molecule has 1 atom stereocenters. The van der Waals surface area contributed by atoms with Crippen LogP contribution in [0.25, 0.3) is 0 Å². The molecule has 0 bridgehead atoms. The Bertz CT molecular complexity index is 175. The molecule has 1 saturated carbocycles. The second-order valence-electron chi connectivity index (χ2n) is 5.24. The van der Waals surface area contributed by atoms with Crippen molar-refractivity contribution >= 4 is 0 Å². The number of aliphatic hydroxyl groups excluding tert-OH is 1. The van der Waals surface area contributed by atoms with E-state index in [9.17, 15) is 5.11 Å². The zero-order valence-electron chi connectivity index (χ0n) is 11.6. The van der Waals surface area contributed by atoms with Crippen molar-refractivity contribution in [3.63, 3.8) is 0 Å². The normalized spacial score (nSPS) is 20.5. The van der Waals surface area contributed by atoms with Crippen molar-refractivity contribution in [1.29, 1.82) is 0 Å². The van der Waals surface area contributed by atoms with E-state index in [1.807, 2.05) is 0 Å². The van der Waals surface area contributed by atoms with E-state index in [-0.39, 0.29) is 6.10 Å². The van der Waals surface area contributed by atoms with Crippen molar-refractivity contribution in [3.05, 3.63) is 0 Å². The van der Waals surface area contributed by atoms with Crippen LogP contribution in [-0.4, -0.2) is 48.3 Å². The van der Waals surface area contributed by atoms with Gasteiger partial charge in [0.15, 0.2) is 0 Å². The number of aliphatic hydroxyl groups is 1. The van der Waals surface area contributed by atoms with E-state index in [1.54, 1.807) is 0 Å². The molecule has 0 aromatic heterocycles. The lowest BCUT2D eigenvalue weighted by Gasteiger charge is -2.24. The second kappa shape index (κ2) is 8.90. The molecule has 1 aliphatic rings. The fraction of sp³-hybridized carbons (Fsp3) is 1.00. The average Bonchev–Trinajstić information content (AvgIpc) is 2.62. The molecule has 0 aromatic rings. The summed E-state index contributed by atoms with van der Waals surface area (Å²) < 4.78 is 0. The molecule has 0 aromatic carbocycles. The van der Waals surface area contributed by atoms with Crippen LogP contribution in [0.3, 0.4) is 0 Å². The molecule has 2 N–H and O–H groups in total. The van der Waals surface area contributed by atoms with Crippen LogP contribution in [0.1, 0.15) is 52.4 Å². The van der Waals surface area contributed by atoms with Gasteiger partial charge in [-0.15, -0.1) is 0 Å². The van der Waals surface area contributed by atoms with E-state index in [4.69, 9.17) is 0 Å². The lowest BCUT2D eigenvalue weighted by molar-refractivity contribution is 0.113. The molecule has 0 radical (unpaired) electrons. The molecule has 0 heterocycles. The third-order valence-electron chi connectivity index (χ3n) is 3.86. The highest BCUT2D eigenvalue weighted by molar-refractivity contribution is 4.73. The van der Waals surface area contributed by atoms with Gasteiger partial charge in [-0.25, -0.2) is 0 Å². The molecule has 1 aliphatic carbocycles.